The molecule has 0 spiro atoms. The SMILES string of the molecule is CCCCCCCCCCCCCCCCCC(=O)NC(C)C(C)C(CCCCCCCCCCCCCCCC)[N+]1=CNCC1.COS(=O)(=O)[O-]. The summed E-state index contributed by atoms with van der Waals surface area (Å²) >= 11 is 0. The number of amides is 1. The summed E-state index contributed by atoms with van der Waals surface area (Å²) in [6, 6.07) is 0.725. The molecule has 0 bridgehead atoms. The van der Waals surface area contributed by atoms with Gasteiger partial charge in [-0.15, -0.1) is 0 Å². The van der Waals surface area contributed by atoms with Gasteiger partial charge in [-0.1, -0.05) is 194 Å². The molecule has 1 heterocycles. The van der Waals surface area contributed by atoms with Crippen molar-refractivity contribution in [2.24, 2.45) is 5.92 Å². The smallest absolute Gasteiger partial charge is 0.232 e. The third-order valence-corrected chi connectivity index (χ3v) is 11.5. The minimum absolute atomic E-state index is 0.217. The normalized spacial score (nSPS) is 14.6. The van der Waals surface area contributed by atoms with E-state index in [1.165, 1.54) is 186 Å². The van der Waals surface area contributed by atoms with Gasteiger partial charge in [-0.2, -0.15) is 0 Å². The van der Waals surface area contributed by atoms with E-state index in [2.05, 4.69) is 53.4 Å². The second-order valence-electron chi connectivity index (χ2n) is 15.8. The van der Waals surface area contributed by atoms with Gasteiger partial charge in [0.25, 0.3) is 0 Å². The highest BCUT2D eigenvalue weighted by Crippen LogP contribution is 2.21. The maximum Gasteiger partial charge on any atom is 0.232 e. The summed E-state index contributed by atoms with van der Waals surface area (Å²) in [7, 11) is -3.60. The second-order valence-corrected chi connectivity index (χ2v) is 16.9. The summed E-state index contributed by atoms with van der Waals surface area (Å²) in [5, 5.41) is 6.81. The minimum atomic E-state index is -4.41. The average molecular weight is 758 g/mol. The van der Waals surface area contributed by atoms with Gasteiger partial charge in [-0.05, 0) is 26.2 Å². The molecule has 52 heavy (non-hydrogen) atoms. The first-order valence-corrected chi connectivity index (χ1v) is 23.6. The topological polar surface area (TPSA) is 111 Å². The van der Waals surface area contributed by atoms with E-state index < -0.39 is 10.4 Å². The molecule has 0 saturated heterocycles. The molecule has 2 N–H and O–H groups in total. The molecule has 0 aromatic carbocycles. The van der Waals surface area contributed by atoms with E-state index in [1.54, 1.807) is 0 Å². The Labute approximate surface area is 323 Å². The van der Waals surface area contributed by atoms with Crippen LogP contribution >= 0.6 is 0 Å². The third-order valence-electron chi connectivity index (χ3n) is 11.0. The van der Waals surface area contributed by atoms with Gasteiger partial charge >= 0.3 is 0 Å². The van der Waals surface area contributed by atoms with Crippen LogP contribution in [-0.4, -0.2) is 62.1 Å². The van der Waals surface area contributed by atoms with E-state index in [-0.39, 0.29) is 11.9 Å². The van der Waals surface area contributed by atoms with Crippen molar-refractivity contribution in [1.29, 1.82) is 0 Å². The van der Waals surface area contributed by atoms with Gasteiger partial charge in [0.1, 0.15) is 19.1 Å². The van der Waals surface area contributed by atoms with Crippen LogP contribution in [0.15, 0.2) is 0 Å². The van der Waals surface area contributed by atoms with E-state index in [4.69, 9.17) is 0 Å². The summed E-state index contributed by atoms with van der Waals surface area (Å²) in [6.07, 6.45) is 44.3. The molecule has 0 aromatic rings. The van der Waals surface area contributed by atoms with Crippen LogP contribution in [0, 0.1) is 5.92 Å². The van der Waals surface area contributed by atoms with Crippen LogP contribution in [0.2, 0.25) is 0 Å². The number of hydrogen-bond acceptors (Lipinski definition) is 6. The van der Waals surface area contributed by atoms with E-state index in [0.29, 0.717) is 18.4 Å². The maximum atomic E-state index is 12.8. The van der Waals surface area contributed by atoms with Crippen molar-refractivity contribution < 1.29 is 26.5 Å². The van der Waals surface area contributed by atoms with Gasteiger partial charge in [0, 0.05) is 18.4 Å². The number of carbonyl (C=O) groups is 1. The molecule has 3 unspecified atom stereocenters. The van der Waals surface area contributed by atoms with Gasteiger partial charge in [-0.3, -0.25) is 18.9 Å². The molecular formula is C43H87N3O5S. The van der Waals surface area contributed by atoms with Crippen LogP contribution in [0.4, 0.5) is 0 Å². The number of unbranched alkanes of at least 4 members (excludes halogenated alkanes) is 27. The summed E-state index contributed by atoms with van der Waals surface area (Å²) < 4.78 is 33.5. The Morgan fingerprint density at radius 2 is 1.02 bits per heavy atom. The fourth-order valence-electron chi connectivity index (χ4n) is 7.43. The predicted molar refractivity (Wildman–Crippen MR) is 221 cm³/mol. The zero-order valence-electron chi connectivity index (χ0n) is 35.0. The Hall–Kier alpha value is -1.19. The van der Waals surface area contributed by atoms with Crippen molar-refractivity contribution >= 4 is 22.6 Å². The summed E-state index contributed by atoms with van der Waals surface area (Å²) in [4.78, 5) is 12.8. The zero-order chi connectivity index (χ0) is 38.5. The molecular weight excluding hydrogens is 671 g/mol. The minimum Gasteiger partial charge on any atom is -0.726 e. The van der Waals surface area contributed by atoms with E-state index in [0.717, 1.165) is 26.6 Å². The quantitative estimate of drug-likeness (QED) is 0.0285. The molecule has 8 nitrogen and oxygen atoms in total. The number of rotatable bonds is 36. The van der Waals surface area contributed by atoms with Crippen molar-refractivity contribution in [3.8, 4) is 0 Å². The van der Waals surface area contributed by atoms with Crippen LogP contribution < -0.4 is 10.6 Å². The fourth-order valence-corrected chi connectivity index (χ4v) is 7.43. The van der Waals surface area contributed by atoms with Gasteiger partial charge in [-0.25, -0.2) is 8.42 Å². The van der Waals surface area contributed by atoms with Crippen molar-refractivity contribution in [3.63, 3.8) is 0 Å². The molecule has 1 aliphatic rings. The number of nitrogens with one attached hydrogen (secondary N) is 2. The van der Waals surface area contributed by atoms with Crippen LogP contribution in [0.3, 0.4) is 0 Å². The van der Waals surface area contributed by atoms with E-state index >= 15 is 0 Å². The first-order chi connectivity index (χ1) is 25.2. The lowest BCUT2D eigenvalue weighted by atomic mass is 9.89. The van der Waals surface area contributed by atoms with Crippen molar-refractivity contribution in [1.82, 2.24) is 10.6 Å². The molecule has 0 aromatic heterocycles. The Morgan fingerprint density at radius 3 is 1.35 bits per heavy atom. The Kier molecular flexibility index (Phi) is 35.9. The zero-order valence-corrected chi connectivity index (χ0v) is 35.9. The Balaban J connectivity index is 0.00000397. The first kappa shape index (κ1) is 50.8. The molecule has 9 heteroatoms. The van der Waals surface area contributed by atoms with Gasteiger partial charge < -0.3 is 9.87 Å². The lowest BCUT2D eigenvalue weighted by Crippen LogP contribution is -2.45. The lowest BCUT2D eigenvalue weighted by molar-refractivity contribution is -0.563. The number of nitrogens with zero attached hydrogens (tertiary/aromatic N) is 1. The molecule has 0 fully saturated rings. The Morgan fingerprint density at radius 1 is 0.673 bits per heavy atom. The fraction of sp³-hybridized carbons (Fsp3) is 0.953. The van der Waals surface area contributed by atoms with Crippen molar-refractivity contribution in [2.45, 2.75) is 239 Å². The average Bonchev–Trinajstić information content (AvgIpc) is 3.66. The standard InChI is InChI=1S/C42H83N3O.CH4O4S/c1-5-7-9-11-13-15-17-19-21-23-25-27-29-31-33-35-42(46)44-40(4)39(3)41(45-37-36-43-38-45)34-32-30-28-26-24-22-20-18-16-14-12-10-8-6-2;1-5-6(2,3)4/h38-41H,5-37H2,1-4H3,(H,44,46);1H3,(H,2,3,4). The third kappa shape index (κ3) is 33.4. The van der Waals surface area contributed by atoms with Gasteiger partial charge in [0.15, 0.2) is 0 Å². The largest absolute Gasteiger partial charge is 0.726 e. The highest BCUT2D eigenvalue weighted by Gasteiger charge is 2.30. The van der Waals surface area contributed by atoms with E-state index in [1.807, 2.05) is 0 Å². The van der Waals surface area contributed by atoms with Crippen LogP contribution in [-0.2, 0) is 19.4 Å². The molecule has 1 rings (SSSR count). The molecule has 3 atom stereocenters. The summed E-state index contributed by atoms with van der Waals surface area (Å²) in [5.74, 6) is 0.705. The van der Waals surface area contributed by atoms with Crippen LogP contribution in [0.1, 0.15) is 227 Å². The monoisotopic (exact) mass is 758 g/mol. The molecule has 0 saturated carbocycles. The highest BCUT2D eigenvalue weighted by atomic mass is 32.3. The van der Waals surface area contributed by atoms with Crippen LogP contribution in [0.25, 0.3) is 0 Å². The maximum absolute atomic E-state index is 12.8. The lowest BCUT2D eigenvalue weighted by Gasteiger charge is -2.29. The Bertz CT molecular complexity index is 930. The van der Waals surface area contributed by atoms with Crippen molar-refractivity contribution in [3.05, 3.63) is 0 Å². The highest BCUT2D eigenvalue weighted by molar-refractivity contribution is 7.80. The first-order valence-electron chi connectivity index (χ1n) is 22.3. The molecule has 1 aliphatic heterocycles. The molecule has 310 valence electrons. The van der Waals surface area contributed by atoms with Crippen molar-refractivity contribution in [2.75, 3.05) is 20.2 Å². The molecule has 0 radical (unpaired) electrons. The number of hydrogen-bond donors (Lipinski definition) is 2. The summed E-state index contributed by atoms with van der Waals surface area (Å²) in [5.41, 5.74) is 0. The van der Waals surface area contributed by atoms with E-state index in [9.17, 15) is 17.8 Å². The number of carbonyl (C=O) groups excluding carboxylic acids is 1. The van der Waals surface area contributed by atoms with Crippen LogP contribution in [0.5, 0.6) is 0 Å². The van der Waals surface area contributed by atoms with Gasteiger partial charge in [0.05, 0.1) is 7.11 Å². The predicted octanol–water partition coefficient (Wildman–Crippen LogP) is 11.4. The van der Waals surface area contributed by atoms with Gasteiger partial charge in [0.2, 0.25) is 22.6 Å². The summed E-state index contributed by atoms with van der Waals surface area (Å²) in [6.45, 7) is 11.3. The molecule has 1 amide bonds. The molecule has 0 aliphatic carbocycles. The second kappa shape index (κ2) is 36.8.